The van der Waals surface area contributed by atoms with E-state index in [1.54, 1.807) is 0 Å². The van der Waals surface area contributed by atoms with Gasteiger partial charge in [0.1, 0.15) is 0 Å². The number of ether oxygens (including phenoxy) is 2. The number of carbonyl (C=O) groups is 2. The number of morpholine rings is 1. The lowest BCUT2D eigenvalue weighted by Crippen LogP contribution is -2.48. The van der Waals surface area contributed by atoms with Crippen LogP contribution < -0.4 is 0 Å². The fourth-order valence-electron chi connectivity index (χ4n) is 1.69. The van der Waals surface area contributed by atoms with Crippen LogP contribution in [0.2, 0.25) is 5.22 Å². The zero-order valence-electron chi connectivity index (χ0n) is 9.72. The van der Waals surface area contributed by atoms with Crippen LogP contribution in [0.4, 0.5) is 0 Å². The van der Waals surface area contributed by atoms with Crippen LogP contribution in [0.5, 0.6) is 0 Å². The number of hydrogen-bond acceptors (Lipinski definition) is 5. The summed E-state index contributed by atoms with van der Waals surface area (Å²) in [7, 11) is 1.28. The van der Waals surface area contributed by atoms with Crippen LogP contribution in [-0.4, -0.2) is 49.7 Å². The molecule has 0 radical (unpaired) electrons. The molecular formula is C11H12ClNO5. The maximum atomic E-state index is 12.0. The van der Waals surface area contributed by atoms with Gasteiger partial charge in [0.2, 0.25) is 0 Å². The predicted molar refractivity (Wildman–Crippen MR) is 61.4 cm³/mol. The van der Waals surface area contributed by atoms with Gasteiger partial charge in [-0.25, -0.2) is 4.79 Å². The van der Waals surface area contributed by atoms with E-state index in [1.165, 1.54) is 24.1 Å². The lowest BCUT2D eigenvalue weighted by molar-refractivity contribution is -0.158. The van der Waals surface area contributed by atoms with Gasteiger partial charge in [0.05, 0.1) is 20.3 Å². The molecule has 1 saturated heterocycles. The quantitative estimate of drug-likeness (QED) is 0.751. The van der Waals surface area contributed by atoms with Crippen molar-refractivity contribution < 1.29 is 23.5 Å². The van der Waals surface area contributed by atoms with Crippen LogP contribution in [0.15, 0.2) is 16.5 Å². The van der Waals surface area contributed by atoms with E-state index in [0.29, 0.717) is 6.54 Å². The van der Waals surface area contributed by atoms with Gasteiger partial charge in [-0.3, -0.25) is 4.79 Å². The van der Waals surface area contributed by atoms with Crippen LogP contribution >= 0.6 is 11.6 Å². The fourth-order valence-corrected chi connectivity index (χ4v) is 1.84. The second-order valence-electron chi connectivity index (χ2n) is 3.74. The first-order valence-corrected chi connectivity index (χ1v) is 5.73. The summed E-state index contributed by atoms with van der Waals surface area (Å²) in [4.78, 5) is 24.9. The van der Waals surface area contributed by atoms with Crippen molar-refractivity contribution in [2.24, 2.45) is 0 Å². The van der Waals surface area contributed by atoms with E-state index in [2.05, 4.69) is 4.74 Å². The number of hydrogen-bond donors (Lipinski definition) is 0. The Labute approximate surface area is 108 Å². The highest BCUT2D eigenvalue weighted by Gasteiger charge is 2.31. The largest absolute Gasteiger partial charge is 0.467 e. The zero-order valence-corrected chi connectivity index (χ0v) is 10.5. The average molecular weight is 274 g/mol. The van der Waals surface area contributed by atoms with Crippen LogP contribution in [0.3, 0.4) is 0 Å². The second-order valence-corrected chi connectivity index (χ2v) is 4.11. The summed E-state index contributed by atoms with van der Waals surface area (Å²) < 4.78 is 14.8. The topological polar surface area (TPSA) is 69.0 Å². The van der Waals surface area contributed by atoms with Gasteiger partial charge >= 0.3 is 5.97 Å². The highest BCUT2D eigenvalue weighted by atomic mass is 35.5. The molecule has 1 atom stereocenters. The van der Waals surface area contributed by atoms with E-state index >= 15 is 0 Å². The minimum absolute atomic E-state index is 0.143. The van der Waals surface area contributed by atoms with Gasteiger partial charge in [-0.05, 0) is 23.7 Å². The molecular weight excluding hydrogens is 262 g/mol. The third-order valence-corrected chi connectivity index (χ3v) is 2.80. The molecule has 7 heteroatoms. The molecule has 1 unspecified atom stereocenters. The summed E-state index contributed by atoms with van der Waals surface area (Å²) >= 11 is 5.61. The predicted octanol–water partition coefficient (Wildman–Crippen LogP) is 0.947. The molecule has 98 valence electrons. The highest BCUT2D eigenvalue weighted by Crippen LogP contribution is 2.17. The Morgan fingerprint density at radius 2 is 2.28 bits per heavy atom. The van der Waals surface area contributed by atoms with Crippen molar-refractivity contribution in [2.75, 3.05) is 26.8 Å². The van der Waals surface area contributed by atoms with E-state index in [1.807, 2.05) is 0 Å². The molecule has 0 saturated carbocycles. The van der Waals surface area contributed by atoms with Crippen molar-refractivity contribution in [1.82, 2.24) is 4.90 Å². The monoisotopic (exact) mass is 273 g/mol. The lowest BCUT2D eigenvalue weighted by atomic mass is 10.2. The molecule has 2 rings (SSSR count). The summed E-state index contributed by atoms with van der Waals surface area (Å²) in [5, 5.41) is 0.149. The molecule has 1 aliphatic rings. The second kappa shape index (κ2) is 5.41. The van der Waals surface area contributed by atoms with Crippen molar-refractivity contribution in [2.45, 2.75) is 6.10 Å². The first kappa shape index (κ1) is 12.9. The first-order valence-electron chi connectivity index (χ1n) is 5.36. The van der Waals surface area contributed by atoms with E-state index < -0.39 is 12.1 Å². The van der Waals surface area contributed by atoms with Gasteiger partial charge < -0.3 is 18.8 Å². The smallest absolute Gasteiger partial charge is 0.336 e. The molecule has 0 spiro atoms. The average Bonchev–Trinajstić information content (AvgIpc) is 2.83. The van der Waals surface area contributed by atoms with Crippen molar-refractivity contribution in [1.29, 1.82) is 0 Å². The summed E-state index contributed by atoms with van der Waals surface area (Å²) in [6, 6.07) is 2.99. The molecule has 0 N–H and O–H groups in total. The molecule has 0 aromatic carbocycles. The number of carbonyl (C=O) groups excluding carboxylic acids is 2. The van der Waals surface area contributed by atoms with Crippen molar-refractivity contribution in [3.05, 3.63) is 23.1 Å². The molecule has 1 fully saturated rings. The number of furan rings is 1. The minimum Gasteiger partial charge on any atom is -0.467 e. The van der Waals surface area contributed by atoms with Crippen molar-refractivity contribution in [3.8, 4) is 0 Å². The van der Waals surface area contributed by atoms with Gasteiger partial charge in [0, 0.05) is 6.54 Å². The van der Waals surface area contributed by atoms with E-state index in [4.69, 9.17) is 20.8 Å². The Morgan fingerprint density at radius 3 is 2.89 bits per heavy atom. The van der Waals surface area contributed by atoms with Crippen molar-refractivity contribution in [3.63, 3.8) is 0 Å². The number of esters is 1. The third kappa shape index (κ3) is 2.65. The van der Waals surface area contributed by atoms with E-state index in [0.717, 1.165) is 0 Å². The lowest BCUT2D eigenvalue weighted by Gasteiger charge is -2.30. The molecule has 6 nitrogen and oxygen atoms in total. The normalized spacial score (nSPS) is 19.7. The molecule has 0 bridgehead atoms. The standard InChI is InChI=1S/C11H12ClNO5/c1-16-11(15)8-6-13(4-5-17-8)10(14)7-2-3-9(12)18-7/h2-3,8H,4-6H2,1H3. The molecule has 0 aliphatic carbocycles. The SMILES string of the molecule is COC(=O)C1CN(C(=O)c2ccc(Cl)o2)CCO1. The van der Waals surface area contributed by atoms with Gasteiger partial charge in [-0.2, -0.15) is 0 Å². The highest BCUT2D eigenvalue weighted by molar-refractivity contribution is 6.29. The van der Waals surface area contributed by atoms with Gasteiger partial charge in [-0.1, -0.05) is 0 Å². The van der Waals surface area contributed by atoms with E-state index in [-0.39, 0.29) is 30.0 Å². The number of rotatable bonds is 2. The van der Waals surface area contributed by atoms with Gasteiger partial charge in [0.25, 0.3) is 5.91 Å². The maximum absolute atomic E-state index is 12.0. The third-order valence-electron chi connectivity index (χ3n) is 2.60. The zero-order chi connectivity index (χ0) is 13.1. The first-order chi connectivity index (χ1) is 8.61. The summed E-state index contributed by atoms with van der Waals surface area (Å²) in [6.45, 7) is 0.814. The Balaban J connectivity index is 2.05. The summed E-state index contributed by atoms with van der Waals surface area (Å²) in [5.74, 6) is -0.672. The van der Waals surface area contributed by atoms with Crippen LogP contribution in [0.1, 0.15) is 10.6 Å². The Morgan fingerprint density at radius 1 is 1.50 bits per heavy atom. The fraction of sp³-hybridized carbons (Fsp3) is 0.455. The van der Waals surface area contributed by atoms with Crippen LogP contribution in [0.25, 0.3) is 0 Å². The molecule has 1 aliphatic heterocycles. The molecule has 18 heavy (non-hydrogen) atoms. The molecule has 1 aromatic rings. The number of amides is 1. The van der Waals surface area contributed by atoms with Gasteiger partial charge in [-0.15, -0.1) is 0 Å². The summed E-state index contributed by atoms with van der Waals surface area (Å²) in [6.07, 6.45) is -0.752. The Bertz CT molecular complexity index is 458. The number of nitrogens with zero attached hydrogens (tertiary/aromatic N) is 1. The Hall–Kier alpha value is -1.53. The van der Waals surface area contributed by atoms with Crippen molar-refractivity contribution >= 4 is 23.5 Å². The Kier molecular flexibility index (Phi) is 3.88. The maximum Gasteiger partial charge on any atom is 0.336 e. The summed E-state index contributed by atoms with van der Waals surface area (Å²) in [5.41, 5.74) is 0. The molecule has 2 heterocycles. The van der Waals surface area contributed by atoms with Crippen LogP contribution in [0, 0.1) is 0 Å². The molecule has 1 amide bonds. The number of halogens is 1. The van der Waals surface area contributed by atoms with Gasteiger partial charge in [0.15, 0.2) is 17.1 Å². The van der Waals surface area contributed by atoms with E-state index in [9.17, 15) is 9.59 Å². The number of methoxy groups -OCH3 is 1. The molecule has 1 aromatic heterocycles. The minimum atomic E-state index is -0.752. The van der Waals surface area contributed by atoms with Crippen LogP contribution in [-0.2, 0) is 14.3 Å².